The minimum absolute atomic E-state index is 0.0439. The first-order chi connectivity index (χ1) is 20.9. The smallest absolute Gasteiger partial charge is 0.236 e. The summed E-state index contributed by atoms with van der Waals surface area (Å²) in [6.07, 6.45) is 4.03. The first-order valence-corrected chi connectivity index (χ1v) is 15.7. The molecule has 0 bridgehead atoms. The number of halogens is 1. The van der Waals surface area contributed by atoms with Gasteiger partial charge >= 0.3 is 0 Å². The molecule has 3 aliphatic rings. The van der Waals surface area contributed by atoms with E-state index in [0.717, 1.165) is 43.5 Å². The third-order valence-electron chi connectivity index (χ3n) is 9.93. The fourth-order valence-electron chi connectivity index (χ4n) is 7.43. The molecule has 3 aromatic rings. The molecule has 7 heteroatoms. The van der Waals surface area contributed by atoms with Crippen LogP contribution in [0.3, 0.4) is 0 Å². The summed E-state index contributed by atoms with van der Waals surface area (Å²) < 4.78 is 13.6. The summed E-state index contributed by atoms with van der Waals surface area (Å²) >= 11 is 0. The van der Waals surface area contributed by atoms with Gasteiger partial charge in [-0.15, -0.1) is 0 Å². The zero-order valence-electron chi connectivity index (χ0n) is 24.8. The summed E-state index contributed by atoms with van der Waals surface area (Å²) in [5.74, 6) is 0.513. The van der Waals surface area contributed by atoms with Gasteiger partial charge in [-0.3, -0.25) is 14.5 Å². The van der Waals surface area contributed by atoms with Crippen molar-refractivity contribution >= 4 is 11.8 Å². The van der Waals surface area contributed by atoms with Crippen molar-refractivity contribution in [1.29, 1.82) is 0 Å². The van der Waals surface area contributed by atoms with Crippen LogP contribution < -0.4 is 0 Å². The predicted octanol–water partition coefficient (Wildman–Crippen LogP) is 5.22. The Morgan fingerprint density at radius 1 is 0.837 bits per heavy atom. The van der Waals surface area contributed by atoms with Crippen molar-refractivity contribution < 1.29 is 19.1 Å². The van der Waals surface area contributed by atoms with E-state index < -0.39 is 17.6 Å². The number of carbonyl (C=O) groups is 2. The number of likely N-dealkylation sites (tertiary alicyclic amines) is 3. The second kappa shape index (κ2) is 13.0. The third kappa shape index (κ3) is 6.68. The average Bonchev–Trinajstić information content (AvgIpc) is 3.03. The molecule has 43 heavy (non-hydrogen) atoms. The van der Waals surface area contributed by atoms with Crippen LogP contribution in [0.2, 0.25) is 0 Å². The molecule has 0 aromatic heterocycles. The Morgan fingerprint density at radius 2 is 1.47 bits per heavy atom. The lowest BCUT2D eigenvalue weighted by Crippen LogP contribution is -2.58. The molecule has 0 saturated carbocycles. The lowest BCUT2D eigenvalue weighted by molar-refractivity contribution is -0.165. The Kier molecular flexibility index (Phi) is 8.91. The van der Waals surface area contributed by atoms with Crippen LogP contribution in [-0.4, -0.2) is 70.4 Å². The lowest BCUT2D eigenvalue weighted by atomic mass is 9.68. The van der Waals surface area contributed by atoms with Crippen LogP contribution in [0, 0.1) is 17.2 Å². The van der Waals surface area contributed by atoms with Gasteiger partial charge in [0.25, 0.3) is 0 Å². The van der Waals surface area contributed by atoms with Crippen LogP contribution in [0.1, 0.15) is 54.8 Å². The average molecular weight is 584 g/mol. The summed E-state index contributed by atoms with van der Waals surface area (Å²) in [6, 6.07) is 26.0. The second-order valence-corrected chi connectivity index (χ2v) is 12.8. The van der Waals surface area contributed by atoms with Gasteiger partial charge in [0.05, 0.1) is 24.1 Å². The topological polar surface area (TPSA) is 64.1 Å². The maximum absolute atomic E-state index is 14.3. The van der Waals surface area contributed by atoms with Gasteiger partial charge in [-0.2, -0.15) is 0 Å². The molecule has 2 atom stereocenters. The molecular weight excluding hydrogens is 541 g/mol. The van der Waals surface area contributed by atoms with E-state index >= 15 is 0 Å². The third-order valence-corrected chi connectivity index (χ3v) is 9.93. The highest BCUT2D eigenvalue weighted by molar-refractivity contribution is 5.85. The lowest BCUT2D eigenvalue weighted by Gasteiger charge is -2.51. The molecule has 1 N–H and O–H groups in total. The SMILES string of the molecule is O=C(CN1CCC2(CC1)C[C@@H](O)[C@H](c1ccccc1)N(Cc1ccc(F)cc1)C2=O)N1CCC(Cc2ccccc2)CC1. The fourth-order valence-corrected chi connectivity index (χ4v) is 7.43. The van der Waals surface area contributed by atoms with Gasteiger partial charge in [0, 0.05) is 19.6 Å². The predicted molar refractivity (Wildman–Crippen MR) is 164 cm³/mol. The number of hydrogen-bond acceptors (Lipinski definition) is 4. The van der Waals surface area contributed by atoms with Crippen LogP contribution in [0.15, 0.2) is 84.9 Å². The van der Waals surface area contributed by atoms with Gasteiger partial charge in [0.1, 0.15) is 5.82 Å². The van der Waals surface area contributed by atoms with Crippen LogP contribution in [0.25, 0.3) is 0 Å². The second-order valence-electron chi connectivity index (χ2n) is 12.8. The van der Waals surface area contributed by atoms with Crippen molar-refractivity contribution in [2.75, 3.05) is 32.7 Å². The number of nitrogens with zero attached hydrogens (tertiary/aromatic N) is 3. The molecule has 1 spiro atoms. The number of carbonyl (C=O) groups excluding carboxylic acids is 2. The minimum Gasteiger partial charge on any atom is -0.391 e. The first kappa shape index (κ1) is 29.5. The Bertz CT molecular complexity index is 1370. The molecule has 3 aliphatic heterocycles. The number of benzene rings is 3. The summed E-state index contributed by atoms with van der Waals surface area (Å²) in [5, 5.41) is 11.5. The Hall–Kier alpha value is -3.55. The number of rotatable bonds is 7. The summed E-state index contributed by atoms with van der Waals surface area (Å²) in [4.78, 5) is 33.5. The Balaban J connectivity index is 1.07. The largest absolute Gasteiger partial charge is 0.391 e. The van der Waals surface area contributed by atoms with Gasteiger partial charge < -0.3 is 14.9 Å². The summed E-state index contributed by atoms with van der Waals surface area (Å²) in [5.41, 5.74) is 2.43. The van der Waals surface area contributed by atoms with E-state index in [1.54, 1.807) is 17.0 Å². The molecule has 6 rings (SSSR count). The molecule has 3 saturated heterocycles. The summed E-state index contributed by atoms with van der Waals surface area (Å²) in [6.45, 7) is 3.59. The van der Waals surface area contributed by atoms with E-state index in [1.807, 2.05) is 41.3 Å². The van der Waals surface area contributed by atoms with Crippen LogP contribution >= 0.6 is 0 Å². The van der Waals surface area contributed by atoms with E-state index in [1.165, 1.54) is 17.7 Å². The highest BCUT2D eigenvalue weighted by Gasteiger charge is 2.52. The maximum atomic E-state index is 14.3. The molecule has 2 amide bonds. The van der Waals surface area contributed by atoms with E-state index in [0.29, 0.717) is 51.4 Å². The van der Waals surface area contributed by atoms with Crippen LogP contribution in [-0.2, 0) is 22.6 Å². The van der Waals surface area contributed by atoms with Gasteiger partial charge in [-0.25, -0.2) is 4.39 Å². The van der Waals surface area contributed by atoms with Crippen molar-refractivity contribution in [1.82, 2.24) is 14.7 Å². The molecule has 3 fully saturated rings. The molecular formula is C36H42FN3O3. The number of amides is 2. The van der Waals surface area contributed by atoms with Gasteiger partial charge in [0.15, 0.2) is 0 Å². The summed E-state index contributed by atoms with van der Waals surface area (Å²) in [7, 11) is 0. The van der Waals surface area contributed by atoms with E-state index in [9.17, 15) is 19.1 Å². The normalized spacial score (nSPS) is 23.1. The highest BCUT2D eigenvalue weighted by Crippen LogP contribution is 2.47. The molecule has 0 unspecified atom stereocenters. The van der Waals surface area contributed by atoms with E-state index in [2.05, 4.69) is 29.2 Å². The monoisotopic (exact) mass is 583 g/mol. The minimum atomic E-state index is -0.717. The number of hydrogen-bond donors (Lipinski definition) is 1. The molecule has 6 nitrogen and oxygen atoms in total. The van der Waals surface area contributed by atoms with E-state index in [4.69, 9.17) is 0 Å². The van der Waals surface area contributed by atoms with Crippen molar-refractivity contribution in [3.05, 3.63) is 107 Å². The molecule has 226 valence electrons. The zero-order chi connectivity index (χ0) is 29.8. The van der Waals surface area contributed by atoms with Crippen molar-refractivity contribution in [3.63, 3.8) is 0 Å². The first-order valence-electron chi connectivity index (χ1n) is 15.7. The van der Waals surface area contributed by atoms with E-state index in [-0.39, 0.29) is 17.6 Å². The maximum Gasteiger partial charge on any atom is 0.236 e. The Morgan fingerprint density at radius 3 is 2.12 bits per heavy atom. The quantitative estimate of drug-likeness (QED) is 0.414. The standard InChI is InChI=1S/C36H42FN3O3/c37-31-13-11-29(12-14-31)25-40-34(30-9-5-2-6-10-30)32(41)24-36(35(40)43)17-21-38(22-18-36)26-33(42)39-19-15-28(16-20-39)23-27-7-3-1-4-8-27/h1-14,28,32,34,41H,15-26H2/t32-,34+/m1/s1. The fraction of sp³-hybridized carbons (Fsp3) is 0.444. The van der Waals surface area contributed by atoms with Crippen molar-refractivity contribution in [2.45, 2.75) is 57.2 Å². The number of aliphatic hydroxyl groups excluding tert-OH is 1. The number of piperidine rings is 3. The van der Waals surface area contributed by atoms with Crippen LogP contribution in [0.5, 0.6) is 0 Å². The van der Waals surface area contributed by atoms with Gasteiger partial charge in [-0.05, 0) is 86.4 Å². The van der Waals surface area contributed by atoms with Gasteiger partial charge in [0.2, 0.25) is 11.8 Å². The Labute approximate surface area is 254 Å². The van der Waals surface area contributed by atoms with Crippen molar-refractivity contribution in [3.8, 4) is 0 Å². The van der Waals surface area contributed by atoms with Crippen molar-refractivity contribution in [2.24, 2.45) is 11.3 Å². The molecule has 0 radical (unpaired) electrons. The zero-order valence-corrected chi connectivity index (χ0v) is 24.8. The molecule has 3 heterocycles. The van der Waals surface area contributed by atoms with Gasteiger partial charge in [-0.1, -0.05) is 72.8 Å². The molecule has 0 aliphatic carbocycles. The highest BCUT2D eigenvalue weighted by atomic mass is 19.1. The number of aliphatic hydroxyl groups is 1. The molecule has 3 aromatic carbocycles. The van der Waals surface area contributed by atoms with Crippen LogP contribution in [0.4, 0.5) is 4.39 Å².